The second-order valence-corrected chi connectivity index (χ2v) is 16.4. The lowest BCUT2D eigenvalue weighted by molar-refractivity contribution is -0.150. The number of nitrogens with zero attached hydrogens (tertiary/aromatic N) is 1. The fourth-order valence-corrected chi connectivity index (χ4v) is 7.15. The van der Waals surface area contributed by atoms with Crippen LogP contribution in [0.15, 0.2) is 0 Å². The molecule has 0 radical (unpaired) electrons. The maximum atomic E-state index is 12.8. The van der Waals surface area contributed by atoms with E-state index < -0.39 is 0 Å². The van der Waals surface area contributed by atoms with Crippen molar-refractivity contribution in [1.29, 1.82) is 0 Å². The summed E-state index contributed by atoms with van der Waals surface area (Å²) in [7, 11) is 0. The van der Waals surface area contributed by atoms with Crippen molar-refractivity contribution >= 4 is 11.9 Å². The number of carbonyl (C=O) groups is 2. The Morgan fingerprint density at radius 2 is 0.962 bits per heavy atom. The van der Waals surface area contributed by atoms with Crippen molar-refractivity contribution in [3.05, 3.63) is 0 Å². The first-order chi connectivity index (χ1) is 25.9. The average Bonchev–Trinajstić information content (AvgIpc) is 3.14. The maximum Gasteiger partial charge on any atom is 0.306 e. The van der Waals surface area contributed by atoms with Gasteiger partial charge in [-0.05, 0) is 103 Å². The smallest absolute Gasteiger partial charge is 0.306 e. The van der Waals surface area contributed by atoms with Crippen LogP contribution in [-0.2, 0) is 19.1 Å². The number of rotatable bonds is 43. The first-order valence-electron chi connectivity index (χ1n) is 23.2. The summed E-state index contributed by atoms with van der Waals surface area (Å²) in [6.45, 7) is 10.4. The predicted octanol–water partition coefficient (Wildman–Crippen LogP) is 13.3. The Bertz CT molecular complexity index is 766. The number of halogens is 1. The summed E-state index contributed by atoms with van der Waals surface area (Å²) in [4.78, 5) is 27.5. The third kappa shape index (κ3) is 40.3. The maximum absolute atomic E-state index is 12.8. The first-order valence-corrected chi connectivity index (χ1v) is 23.2. The zero-order valence-electron chi connectivity index (χ0n) is 35.6. The Morgan fingerprint density at radius 1 is 0.528 bits per heavy atom. The highest BCUT2D eigenvalue weighted by molar-refractivity contribution is 5.69. The quantitative estimate of drug-likeness (QED) is 0.0493. The number of hydrogen-bond donors (Lipinski definition) is 1. The summed E-state index contributed by atoms with van der Waals surface area (Å²) in [5.74, 6) is 0.731. The zero-order chi connectivity index (χ0) is 38.9. The molecule has 0 bridgehead atoms. The van der Waals surface area contributed by atoms with Crippen LogP contribution >= 0.6 is 0 Å². The van der Waals surface area contributed by atoms with Gasteiger partial charge in [-0.2, -0.15) is 0 Å². The number of hydrogen-bond acceptors (Lipinski definition) is 6. The van der Waals surface area contributed by atoms with Gasteiger partial charge >= 0.3 is 11.9 Å². The molecule has 0 heterocycles. The van der Waals surface area contributed by atoms with Gasteiger partial charge in [-0.3, -0.25) is 14.0 Å². The highest BCUT2D eigenvalue weighted by Crippen LogP contribution is 2.19. The molecule has 0 rings (SSSR count). The molecule has 0 aromatic carbocycles. The Morgan fingerprint density at radius 3 is 1.47 bits per heavy atom. The number of unbranched alkanes of at least 4 members (excludes halogenated alkanes) is 22. The molecule has 0 aliphatic carbocycles. The summed E-state index contributed by atoms with van der Waals surface area (Å²) in [5, 5.41) is 9.28. The largest absolute Gasteiger partial charge is 0.466 e. The Labute approximate surface area is 328 Å². The van der Waals surface area contributed by atoms with Crippen molar-refractivity contribution in [3.63, 3.8) is 0 Å². The van der Waals surface area contributed by atoms with Gasteiger partial charge in [0.2, 0.25) is 0 Å². The standard InChI is InChI=1S/C46H90FNO5/c1-4-5-6-7-15-22-33-44(34-23-16-11-12-17-26-37-47)53-46(51)36-25-20-28-39-48(40-29-30-41-49)38-27-19-24-35-45(50)52-42-31-18-13-9-8-10-14-21-32-43(2)3/h43-44,49H,4-42H2,1-3H3. The summed E-state index contributed by atoms with van der Waals surface area (Å²) in [6.07, 6.45) is 35.7. The van der Waals surface area contributed by atoms with E-state index >= 15 is 0 Å². The second-order valence-electron chi connectivity index (χ2n) is 16.4. The van der Waals surface area contributed by atoms with Gasteiger partial charge in [-0.1, -0.05) is 143 Å². The molecule has 0 aliphatic rings. The monoisotopic (exact) mass is 756 g/mol. The Hall–Kier alpha value is -1.21. The van der Waals surface area contributed by atoms with Crippen molar-refractivity contribution in [1.82, 2.24) is 4.90 Å². The Balaban J connectivity index is 4.18. The lowest BCUT2D eigenvalue weighted by Gasteiger charge is -2.22. The van der Waals surface area contributed by atoms with Crippen LogP contribution in [0.25, 0.3) is 0 Å². The molecule has 0 saturated heterocycles. The summed E-state index contributed by atoms with van der Waals surface area (Å²) in [6, 6.07) is 0. The van der Waals surface area contributed by atoms with Crippen molar-refractivity contribution < 1.29 is 28.6 Å². The molecule has 1 unspecified atom stereocenters. The van der Waals surface area contributed by atoms with Crippen LogP contribution in [-0.4, -0.2) is 67.6 Å². The molecule has 7 heteroatoms. The van der Waals surface area contributed by atoms with E-state index in [4.69, 9.17) is 9.47 Å². The minimum Gasteiger partial charge on any atom is -0.466 e. The minimum atomic E-state index is -0.209. The first kappa shape index (κ1) is 51.8. The normalized spacial score (nSPS) is 12.2. The van der Waals surface area contributed by atoms with Crippen molar-refractivity contribution in [2.45, 2.75) is 239 Å². The molecule has 1 N–H and O–H groups in total. The van der Waals surface area contributed by atoms with Gasteiger partial charge in [0, 0.05) is 19.4 Å². The second kappa shape index (κ2) is 41.9. The van der Waals surface area contributed by atoms with Gasteiger partial charge < -0.3 is 19.5 Å². The SMILES string of the molecule is CCCCCCCCC(CCCCCCCCF)OC(=O)CCCCCN(CCCCO)CCCCCC(=O)OCCCCCCCCCCC(C)C. The number of alkyl halides is 1. The topological polar surface area (TPSA) is 76.1 Å². The fraction of sp³-hybridized carbons (Fsp3) is 0.957. The number of aliphatic hydroxyl groups is 1. The zero-order valence-corrected chi connectivity index (χ0v) is 35.6. The molecule has 0 aromatic heterocycles. The molecule has 1 atom stereocenters. The minimum absolute atomic E-state index is 0.0391. The van der Waals surface area contributed by atoms with E-state index in [1.54, 1.807) is 0 Å². The molecule has 6 nitrogen and oxygen atoms in total. The molecule has 0 amide bonds. The number of carbonyl (C=O) groups excluding carboxylic acids is 2. The van der Waals surface area contributed by atoms with Gasteiger partial charge in [-0.25, -0.2) is 0 Å². The van der Waals surface area contributed by atoms with Gasteiger partial charge in [0.25, 0.3) is 0 Å². The molecule has 0 spiro atoms. The van der Waals surface area contributed by atoms with Crippen LogP contribution in [0.1, 0.15) is 233 Å². The molecule has 0 fully saturated rings. The van der Waals surface area contributed by atoms with E-state index in [1.165, 1.54) is 77.0 Å². The number of esters is 2. The summed E-state index contributed by atoms with van der Waals surface area (Å²) < 4.78 is 23.8. The van der Waals surface area contributed by atoms with E-state index in [-0.39, 0.29) is 31.3 Å². The van der Waals surface area contributed by atoms with Crippen LogP contribution in [0, 0.1) is 5.92 Å². The summed E-state index contributed by atoms with van der Waals surface area (Å²) in [5.41, 5.74) is 0. The molecule has 0 saturated carbocycles. The highest BCUT2D eigenvalue weighted by atomic mass is 19.1. The molecule has 0 aliphatic heterocycles. The highest BCUT2D eigenvalue weighted by Gasteiger charge is 2.15. The van der Waals surface area contributed by atoms with Gasteiger partial charge in [-0.15, -0.1) is 0 Å². The van der Waals surface area contributed by atoms with E-state index in [1.807, 2.05) is 0 Å². The Kier molecular flexibility index (Phi) is 41.0. The molecule has 0 aromatic rings. The lowest BCUT2D eigenvalue weighted by atomic mass is 10.0. The van der Waals surface area contributed by atoms with Gasteiger partial charge in [0.05, 0.1) is 13.3 Å². The van der Waals surface area contributed by atoms with E-state index in [0.717, 1.165) is 141 Å². The van der Waals surface area contributed by atoms with Crippen LogP contribution in [0.2, 0.25) is 0 Å². The predicted molar refractivity (Wildman–Crippen MR) is 223 cm³/mol. The average molecular weight is 756 g/mol. The van der Waals surface area contributed by atoms with Crippen molar-refractivity contribution in [2.75, 3.05) is 39.5 Å². The van der Waals surface area contributed by atoms with Crippen LogP contribution in [0.5, 0.6) is 0 Å². The van der Waals surface area contributed by atoms with E-state index in [9.17, 15) is 19.1 Å². The van der Waals surface area contributed by atoms with Crippen LogP contribution < -0.4 is 0 Å². The van der Waals surface area contributed by atoms with E-state index in [2.05, 4.69) is 25.7 Å². The molecule has 53 heavy (non-hydrogen) atoms. The summed E-state index contributed by atoms with van der Waals surface area (Å²) >= 11 is 0. The molecular formula is C46H90FNO5. The van der Waals surface area contributed by atoms with Gasteiger partial charge in [0.15, 0.2) is 0 Å². The van der Waals surface area contributed by atoms with Crippen LogP contribution in [0.4, 0.5) is 4.39 Å². The number of ether oxygens (including phenoxy) is 2. The van der Waals surface area contributed by atoms with Crippen molar-refractivity contribution in [2.24, 2.45) is 5.92 Å². The molecule has 316 valence electrons. The van der Waals surface area contributed by atoms with Crippen molar-refractivity contribution in [3.8, 4) is 0 Å². The lowest BCUT2D eigenvalue weighted by Crippen LogP contribution is -2.27. The third-order valence-electron chi connectivity index (χ3n) is 10.6. The molecular weight excluding hydrogens is 666 g/mol. The third-order valence-corrected chi connectivity index (χ3v) is 10.6. The van der Waals surface area contributed by atoms with Crippen LogP contribution in [0.3, 0.4) is 0 Å². The van der Waals surface area contributed by atoms with Gasteiger partial charge in [0.1, 0.15) is 6.10 Å². The fourth-order valence-electron chi connectivity index (χ4n) is 7.15. The number of aliphatic hydroxyl groups excluding tert-OH is 1. The van der Waals surface area contributed by atoms with E-state index in [0.29, 0.717) is 25.9 Å².